The highest BCUT2D eigenvalue weighted by Crippen LogP contribution is 2.35. The maximum Gasteiger partial charge on any atom is 0.238 e. The van der Waals surface area contributed by atoms with Crippen LogP contribution in [-0.4, -0.2) is 39.3 Å². The minimum Gasteiger partial charge on any atom is -0.497 e. The van der Waals surface area contributed by atoms with Gasteiger partial charge in [-0.15, -0.1) is 5.10 Å². The summed E-state index contributed by atoms with van der Waals surface area (Å²) >= 11 is 1.25. The lowest BCUT2D eigenvalue weighted by Gasteiger charge is -2.16. The van der Waals surface area contributed by atoms with Crippen molar-refractivity contribution < 1.29 is 13.9 Å². The van der Waals surface area contributed by atoms with Gasteiger partial charge in [-0.2, -0.15) is 0 Å². The van der Waals surface area contributed by atoms with E-state index in [1.807, 2.05) is 24.3 Å². The molecule has 0 spiro atoms. The van der Waals surface area contributed by atoms with Gasteiger partial charge in [-0.1, -0.05) is 36.0 Å². The number of ether oxygens (including phenoxy) is 1. The topological polar surface area (TPSA) is 81.9 Å². The van der Waals surface area contributed by atoms with Crippen molar-refractivity contribution in [1.29, 1.82) is 0 Å². The number of halogens is 1. The van der Waals surface area contributed by atoms with Crippen LogP contribution in [0.5, 0.6) is 5.75 Å². The van der Waals surface area contributed by atoms with Crippen LogP contribution in [0.15, 0.2) is 53.7 Å². The number of aromatic nitrogens is 4. The van der Waals surface area contributed by atoms with Crippen molar-refractivity contribution in [1.82, 2.24) is 25.5 Å². The normalized spacial score (nSPS) is 14.4. The third kappa shape index (κ3) is 4.92. The van der Waals surface area contributed by atoms with Crippen molar-refractivity contribution in [3.05, 3.63) is 65.5 Å². The monoisotopic (exact) mass is 413 g/mol. The molecule has 0 saturated heterocycles. The Labute approximate surface area is 171 Å². The first-order chi connectivity index (χ1) is 14.1. The molecule has 150 valence electrons. The number of nitrogens with zero attached hydrogens (tertiary/aromatic N) is 4. The van der Waals surface area contributed by atoms with E-state index in [2.05, 4.69) is 20.8 Å². The number of carbonyl (C=O) groups excluding carboxylic acids is 1. The summed E-state index contributed by atoms with van der Waals surface area (Å²) in [6.07, 6.45) is 1.98. The van der Waals surface area contributed by atoms with E-state index in [-0.39, 0.29) is 17.8 Å². The van der Waals surface area contributed by atoms with E-state index >= 15 is 0 Å². The van der Waals surface area contributed by atoms with Crippen molar-refractivity contribution in [2.75, 3.05) is 7.11 Å². The lowest BCUT2D eigenvalue weighted by molar-refractivity contribution is -0.120. The molecule has 7 nitrogen and oxygen atoms in total. The lowest BCUT2D eigenvalue weighted by atomic mass is 10.1. The molecule has 1 amide bonds. The van der Waals surface area contributed by atoms with Crippen LogP contribution in [0.4, 0.5) is 4.39 Å². The molecule has 1 N–H and O–H groups in total. The van der Waals surface area contributed by atoms with E-state index in [0.29, 0.717) is 17.3 Å². The molecule has 0 unspecified atom stereocenters. The van der Waals surface area contributed by atoms with E-state index in [4.69, 9.17) is 4.74 Å². The molecule has 1 aliphatic rings. The fourth-order valence-corrected chi connectivity index (χ4v) is 3.79. The van der Waals surface area contributed by atoms with Gasteiger partial charge in [0.15, 0.2) is 0 Å². The Morgan fingerprint density at radius 1 is 1.24 bits per heavy atom. The van der Waals surface area contributed by atoms with Crippen LogP contribution in [0.2, 0.25) is 0 Å². The van der Waals surface area contributed by atoms with Crippen molar-refractivity contribution in [2.45, 2.75) is 35.8 Å². The van der Waals surface area contributed by atoms with Crippen LogP contribution in [-0.2, 0) is 11.3 Å². The number of amides is 1. The summed E-state index contributed by atoms with van der Waals surface area (Å²) < 4.78 is 20.2. The third-order valence-electron chi connectivity index (χ3n) is 4.55. The summed E-state index contributed by atoms with van der Waals surface area (Å²) in [5.41, 5.74) is 1.70. The molecule has 0 aliphatic heterocycles. The number of benzene rings is 2. The Morgan fingerprint density at radius 3 is 2.62 bits per heavy atom. The minimum atomic E-state index is -0.572. The van der Waals surface area contributed by atoms with Gasteiger partial charge in [0.2, 0.25) is 11.1 Å². The largest absolute Gasteiger partial charge is 0.497 e. The molecule has 3 aromatic rings. The zero-order chi connectivity index (χ0) is 20.2. The number of rotatable bonds is 8. The van der Waals surface area contributed by atoms with Gasteiger partial charge in [-0.3, -0.25) is 4.79 Å². The van der Waals surface area contributed by atoms with Crippen molar-refractivity contribution >= 4 is 17.7 Å². The molecule has 2 aromatic carbocycles. The summed E-state index contributed by atoms with van der Waals surface area (Å²) in [5, 5.41) is 14.9. The number of hydrogen-bond donors (Lipinski definition) is 1. The molecular weight excluding hydrogens is 393 g/mol. The molecule has 1 saturated carbocycles. The van der Waals surface area contributed by atoms with Crippen molar-refractivity contribution in [2.24, 2.45) is 0 Å². The molecule has 1 aliphatic carbocycles. The number of tetrazole rings is 1. The van der Waals surface area contributed by atoms with Gasteiger partial charge in [0.1, 0.15) is 16.8 Å². The predicted octanol–water partition coefficient (Wildman–Crippen LogP) is 2.98. The minimum absolute atomic E-state index is 0.122. The van der Waals surface area contributed by atoms with Gasteiger partial charge in [0, 0.05) is 6.04 Å². The van der Waals surface area contributed by atoms with Crippen LogP contribution in [0.1, 0.15) is 29.2 Å². The average molecular weight is 413 g/mol. The molecule has 1 atom stereocenters. The fourth-order valence-electron chi connectivity index (χ4n) is 2.80. The summed E-state index contributed by atoms with van der Waals surface area (Å²) in [4.78, 5) is 12.8. The molecule has 4 rings (SSSR count). The Morgan fingerprint density at radius 2 is 1.97 bits per heavy atom. The van der Waals surface area contributed by atoms with Crippen molar-refractivity contribution in [3.63, 3.8) is 0 Å². The molecule has 1 aromatic heterocycles. The van der Waals surface area contributed by atoms with E-state index in [1.54, 1.807) is 23.9 Å². The Balaban J connectivity index is 1.54. The second-order valence-corrected chi connectivity index (χ2v) is 7.87. The Bertz CT molecular complexity index is 973. The van der Waals surface area contributed by atoms with Crippen molar-refractivity contribution in [3.8, 4) is 5.75 Å². The zero-order valence-corrected chi connectivity index (χ0v) is 16.6. The average Bonchev–Trinajstić information content (AvgIpc) is 3.44. The highest BCUT2D eigenvalue weighted by molar-refractivity contribution is 8.00. The van der Waals surface area contributed by atoms with E-state index in [1.165, 1.54) is 23.9 Å². The highest BCUT2D eigenvalue weighted by Gasteiger charge is 2.30. The summed E-state index contributed by atoms with van der Waals surface area (Å²) in [5.74, 6) is 0.306. The summed E-state index contributed by atoms with van der Waals surface area (Å²) in [7, 11) is 1.62. The molecule has 0 radical (unpaired) electrons. The molecule has 29 heavy (non-hydrogen) atoms. The summed E-state index contributed by atoms with van der Waals surface area (Å²) in [6, 6.07) is 13.8. The standard InChI is InChI=1S/C20H20FN5O2S/c1-28-17-10-2-13(3-11-17)12-26-20(23-24-25-26)29-18(19(27)22-16-8-9-16)14-4-6-15(21)7-5-14/h2-7,10-11,16,18H,8-9,12H2,1H3,(H,22,27)/t18-/m1/s1. The number of thioether (sulfide) groups is 1. The Kier molecular flexibility index (Phi) is 5.75. The first-order valence-electron chi connectivity index (χ1n) is 9.24. The second kappa shape index (κ2) is 8.60. The van der Waals surface area contributed by atoms with Crippen LogP contribution < -0.4 is 10.1 Å². The van der Waals surface area contributed by atoms with Gasteiger partial charge in [0.25, 0.3) is 0 Å². The van der Waals surface area contributed by atoms with Crippen LogP contribution >= 0.6 is 11.8 Å². The third-order valence-corrected chi connectivity index (χ3v) is 5.77. The van der Waals surface area contributed by atoms with E-state index in [0.717, 1.165) is 24.2 Å². The van der Waals surface area contributed by atoms with Gasteiger partial charge >= 0.3 is 0 Å². The maximum absolute atomic E-state index is 13.4. The first-order valence-corrected chi connectivity index (χ1v) is 10.1. The molecule has 0 bridgehead atoms. The zero-order valence-electron chi connectivity index (χ0n) is 15.8. The lowest BCUT2D eigenvalue weighted by Crippen LogP contribution is -2.30. The van der Waals surface area contributed by atoms with Gasteiger partial charge in [-0.25, -0.2) is 9.07 Å². The maximum atomic E-state index is 13.4. The molecular formula is C20H20FN5O2S. The highest BCUT2D eigenvalue weighted by atomic mass is 32.2. The number of carbonyl (C=O) groups is 1. The Hall–Kier alpha value is -2.94. The van der Waals surface area contributed by atoms with Gasteiger partial charge < -0.3 is 10.1 Å². The second-order valence-electron chi connectivity index (χ2n) is 6.80. The number of hydrogen-bond acceptors (Lipinski definition) is 6. The first kappa shape index (κ1) is 19.4. The van der Waals surface area contributed by atoms with E-state index in [9.17, 15) is 9.18 Å². The van der Waals surface area contributed by atoms with Gasteiger partial charge in [0.05, 0.1) is 13.7 Å². The fraction of sp³-hybridized carbons (Fsp3) is 0.300. The predicted molar refractivity (Wildman–Crippen MR) is 106 cm³/mol. The van der Waals surface area contributed by atoms with Gasteiger partial charge in [-0.05, 0) is 58.7 Å². The van der Waals surface area contributed by atoms with Crippen LogP contribution in [0, 0.1) is 5.82 Å². The smallest absolute Gasteiger partial charge is 0.238 e. The number of nitrogens with one attached hydrogen (secondary N) is 1. The molecule has 1 fully saturated rings. The quantitative estimate of drug-likeness (QED) is 0.572. The number of methoxy groups -OCH3 is 1. The summed E-state index contributed by atoms with van der Waals surface area (Å²) in [6.45, 7) is 0.458. The molecule has 9 heteroatoms. The molecule has 1 heterocycles. The van der Waals surface area contributed by atoms with E-state index < -0.39 is 5.25 Å². The SMILES string of the molecule is COc1ccc(Cn2nnnc2S[C@@H](C(=O)NC2CC2)c2ccc(F)cc2)cc1. The van der Waals surface area contributed by atoms with Crippen LogP contribution in [0.25, 0.3) is 0 Å². The van der Waals surface area contributed by atoms with Crippen LogP contribution in [0.3, 0.4) is 0 Å².